The van der Waals surface area contributed by atoms with Crippen molar-refractivity contribution in [2.24, 2.45) is 0 Å². The van der Waals surface area contributed by atoms with Crippen LogP contribution in [0.15, 0.2) is 46.9 Å². The molecule has 0 aliphatic carbocycles. The lowest BCUT2D eigenvalue weighted by molar-refractivity contribution is 0.0602. The third-order valence-electron chi connectivity index (χ3n) is 2.81. The average molecular weight is 355 g/mol. The fourth-order valence-electron chi connectivity index (χ4n) is 1.79. The van der Waals surface area contributed by atoms with E-state index in [-0.39, 0.29) is 5.97 Å². The molecule has 104 valence electrons. The number of carbonyl (C=O) groups excluding carboxylic acids is 1. The standard InChI is InChI=1S/C15H13BrClNO2/c1-20-15(19)12-4-2-3-5-14(12)18-9-10-8-11(16)6-7-13(10)17/h2-8,18H,9H2,1H3. The quantitative estimate of drug-likeness (QED) is 0.822. The second-order valence-corrected chi connectivity index (χ2v) is 5.45. The van der Waals surface area contributed by atoms with E-state index in [0.29, 0.717) is 17.1 Å². The van der Waals surface area contributed by atoms with Gasteiger partial charge in [0.15, 0.2) is 0 Å². The summed E-state index contributed by atoms with van der Waals surface area (Å²) in [4.78, 5) is 11.7. The summed E-state index contributed by atoms with van der Waals surface area (Å²) in [5.41, 5.74) is 2.16. The Bertz CT molecular complexity index is 631. The minimum absolute atomic E-state index is 0.367. The molecule has 0 spiro atoms. The number of ether oxygens (including phenoxy) is 1. The molecule has 0 bridgehead atoms. The third kappa shape index (κ3) is 3.52. The zero-order valence-corrected chi connectivity index (χ0v) is 13.2. The Kier molecular flexibility index (Phi) is 5.04. The molecule has 0 unspecified atom stereocenters. The van der Waals surface area contributed by atoms with Gasteiger partial charge in [-0.05, 0) is 35.9 Å². The molecule has 0 atom stereocenters. The highest BCUT2D eigenvalue weighted by molar-refractivity contribution is 9.10. The van der Waals surface area contributed by atoms with Crippen LogP contribution in [0.1, 0.15) is 15.9 Å². The van der Waals surface area contributed by atoms with Crippen LogP contribution in [0.2, 0.25) is 5.02 Å². The Morgan fingerprint density at radius 3 is 2.80 bits per heavy atom. The molecule has 0 radical (unpaired) electrons. The van der Waals surface area contributed by atoms with E-state index in [4.69, 9.17) is 16.3 Å². The van der Waals surface area contributed by atoms with Crippen molar-refractivity contribution in [1.82, 2.24) is 0 Å². The SMILES string of the molecule is COC(=O)c1ccccc1NCc1cc(Br)ccc1Cl. The molecule has 1 N–H and O–H groups in total. The summed E-state index contributed by atoms with van der Waals surface area (Å²) < 4.78 is 5.72. The summed E-state index contributed by atoms with van der Waals surface area (Å²) >= 11 is 9.55. The Morgan fingerprint density at radius 2 is 2.05 bits per heavy atom. The summed E-state index contributed by atoms with van der Waals surface area (Å²) in [5.74, 6) is -0.367. The maximum absolute atomic E-state index is 11.7. The van der Waals surface area contributed by atoms with Crippen molar-refractivity contribution >= 4 is 39.2 Å². The van der Waals surface area contributed by atoms with E-state index < -0.39 is 0 Å². The van der Waals surface area contributed by atoms with Gasteiger partial charge in [-0.25, -0.2) is 4.79 Å². The first-order chi connectivity index (χ1) is 9.61. The van der Waals surface area contributed by atoms with Gasteiger partial charge in [0.05, 0.1) is 12.7 Å². The van der Waals surface area contributed by atoms with Gasteiger partial charge in [0.2, 0.25) is 0 Å². The molecule has 0 aromatic heterocycles. The Labute approximate surface area is 131 Å². The van der Waals surface area contributed by atoms with Gasteiger partial charge < -0.3 is 10.1 Å². The first-order valence-corrected chi connectivity index (χ1v) is 7.14. The predicted octanol–water partition coefficient (Wildman–Crippen LogP) is 4.50. The van der Waals surface area contributed by atoms with Crippen LogP contribution < -0.4 is 5.32 Å². The molecular weight excluding hydrogens is 342 g/mol. The van der Waals surface area contributed by atoms with E-state index in [1.807, 2.05) is 30.3 Å². The molecule has 2 aromatic rings. The number of nitrogens with one attached hydrogen (secondary N) is 1. The second-order valence-electron chi connectivity index (χ2n) is 4.13. The van der Waals surface area contributed by atoms with Crippen molar-refractivity contribution in [2.45, 2.75) is 6.54 Å². The number of rotatable bonds is 4. The summed E-state index contributed by atoms with van der Waals surface area (Å²) in [5, 5.41) is 3.88. The lowest BCUT2D eigenvalue weighted by atomic mass is 10.1. The number of carbonyl (C=O) groups is 1. The molecule has 0 amide bonds. The molecule has 0 saturated carbocycles. The van der Waals surface area contributed by atoms with Crippen LogP contribution in [0.5, 0.6) is 0 Å². The number of hydrogen-bond donors (Lipinski definition) is 1. The van der Waals surface area contributed by atoms with E-state index in [9.17, 15) is 4.79 Å². The predicted molar refractivity (Wildman–Crippen MR) is 84.3 cm³/mol. The summed E-state index contributed by atoms with van der Waals surface area (Å²) in [6, 6.07) is 12.9. The molecule has 2 rings (SSSR count). The van der Waals surface area contributed by atoms with Crippen molar-refractivity contribution in [3.05, 3.63) is 63.1 Å². The van der Waals surface area contributed by atoms with Crippen molar-refractivity contribution in [3.63, 3.8) is 0 Å². The maximum Gasteiger partial charge on any atom is 0.339 e. The first-order valence-electron chi connectivity index (χ1n) is 5.97. The largest absolute Gasteiger partial charge is 0.465 e. The molecule has 2 aromatic carbocycles. The molecule has 0 heterocycles. The van der Waals surface area contributed by atoms with E-state index >= 15 is 0 Å². The normalized spacial score (nSPS) is 10.2. The highest BCUT2D eigenvalue weighted by Gasteiger charge is 2.11. The molecule has 5 heteroatoms. The van der Waals surface area contributed by atoms with Crippen LogP contribution >= 0.6 is 27.5 Å². The van der Waals surface area contributed by atoms with E-state index in [0.717, 1.165) is 15.7 Å². The number of methoxy groups -OCH3 is 1. The molecule has 3 nitrogen and oxygen atoms in total. The van der Waals surface area contributed by atoms with Crippen LogP contribution in [-0.4, -0.2) is 13.1 Å². The van der Waals surface area contributed by atoms with Gasteiger partial charge in [-0.3, -0.25) is 0 Å². The number of anilines is 1. The topological polar surface area (TPSA) is 38.3 Å². The van der Waals surface area contributed by atoms with Gasteiger partial charge in [0, 0.05) is 21.7 Å². The van der Waals surface area contributed by atoms with Crippen molar-refractivity contribution in [1.29, 1.82) is 0 Å². The van der Waals surface area contributed by atoms with Crippen molar-refractivity contribution < 1.29 is 9.53 Å². The third-order valence-corrected chi connectivity index (χ3v) is 3.67. The highest BCUT2D eigenvalue weighted by atomic mass is 79.9. The fraction of sp³-hybridized carbons (Fsp3) is 0.133. The van der Waals surface area contributed by atoms with E-state index in [1.54, 1.807) is 12.1 Å². The minimum atomic E-state index is -0.367. The second kappa shape index (κ2) is 6.77. The first kappa shape index (κ1) is 14.9. The Hall–Kier alpha value is -1.52. The summed E-state index contributed by atoms with van der Waals surface area (Å²) in [7, 11) is 1.37. The summed E-state index contributed by atoms with van der Waals surface area (Å²) in [6.07, 6.45) is 0. The van der Waals surface area contributed by atoms with Crippen molar-refractivity contribution in [2.75, 3.05) is 12.4 Å². The zero-order valence-electron chi connectivity index (χ0n) is 10.8. The van der Waals surface area contributed by atoms with Gasteiger partial charge in [0.25, 0.3) is 0 Å². The van der Waals surface area contributed by atoms with Crippen LogP contribution in [-0.2, 0) is 11.3 Å². The Morgan fingerprint density at radius 1 is 1.30 bits per heavy atom. The van der Waals surface area contributed by atoms with Gasteiger partial charge >= 0.3 is 5.97 Å². The highest BCUT2D eigenvalue weighted by Crippen LogP contribution is 2.23. The number of hydrogen-bond acceptors (Lipinski definition) is 3. The van der Waals surface area contributed by atoms with Crippen LogP contribution in [0.25, 0.3) is 0 Å². The minimum Gasteiger partial charge on any atom is -0.465 e. The molecule has 0 saturated heterocycles. The average Bonchev–Trinajstić information content (AvgIpc) is 2.47. The lowest BCUT2D eigenvalue weighted by Crippen LogP contribution is -2.08. The van der Waals surface area contributed by atoms with Gasteiger partial charge in [0.1, 0.15) is 0 Å². The number of halogens is 2. The molecule has 20 heavy (non-hydrogen) atoms. The van der Waals surface area contributed by atoms with Gasteiger partial charge in [-0.1, -0.05) is 39.7 Å². The summed E-state index contributed by atoms with van der Waals surface area (Å²) in [6.45, 7) is 0.520. The maximum atomic E-state index is 11.7. The number of benzene rings is 2. The van der Waals surface area contributed by atoms with Crippen LogP contribution in [0, 0.1) is 0 Å². The van der Waals surface area contributed by atoms with Crippen molar-refractivity contribution in [3.8, 4) is 0 Å². The monoisotopic (exact) mass is 353 g/mol. The van der Waals surface area contributed by atoms with E-state index in [2.05, 4.69) is 21.2 Å². The number of para-hydroxylation sites is 1. The van der Waals surface area contributed by atoms with E-state index in [1.165, 1.54) is 7.11 Å². The lowest BCUT2D eigenvalue weighted by Gasteiger charge is -2.11. The van der Waals surface area contributed by atoms with Crippen LogP contribution in [0.4, 0.5) is 5.69 Å². The van der Waals surface area contributed by atoms with Gasteiger partial charge in [-0.15, -0.1) is 0 Å². The molecule has 0 aliphatic rings. The fourth-order valence-corrected chi connectivity index (χ4v) is 2.39. The van der Waals surface area contributed by atoms with Gasteiger partial charge in [-0.2, -0.15) is 0 Å². The molecular formula is C15H13BrClNO2. The number of esters is 1. The zero-order chi connectivity index (χ0) is 14.5. The molecule has 0 fully saturated rings. The van der Waals surface area contributed by atoms with Crippen LogP contribution in [0.3, 0.4) is 0 Å². The Balaban J connectivity index is 2.19. The molecule has 0 aliphatic heterocycles. The smallest absolute Gasteiger partial charge is 0.339 e.